The average Bonchev–Trinajstić information content (AvgIpc) is 3.37. The van der Waals surface area contributed by atoms with Gasteiger partial charge in [0.15, 0.2) is 5.69 Å². The average molecular weight is 324 g/mol. The Morgan fingerprint density at radius 3 is 2.50 bits per heavy atom. The van der Waals surface area contributed by atoms with Crippen LogP contribution in [-0.4, -0.2) is 38.7 Å². The maximum atomic E-state index is 12.7. The van der Waals surface area contributed by atoms with E-state index < -0.39 is 0 Å². The van der Waals surface area contributed by atoms with E-state index >= 15 is 0 Å². The largest absolute Gasteiger partial charge is 0.337 e. The van der Waals surface area contributed by atoms with Crippen LogP contribution < -0.4 is 0 Å². The summed E-state index contributed by atoms with van der Waals surface area (Å²) in [5.74, 6) is 1.20. The van der Waals surface area contributed by atoms with Crippen LogP contribution in [0.3, 0.4) is 0 Å². The lowest BCUT2D eigenvalue weighted by Gasteiger charge is -2.31. The van der Waals surface area contributed by atoms with Crippen molar-refractivity contribution in [1.82, 2.24) is 19.7 Å². The van der Waals surface area contributed by atoms with Crippen LogP contribution in [0.25, 0.3) is 0 Å². The van der Waals surface area contributed by atoms with Crippen molar-refractivity contribution in [1.29, 1.82) is 0 Å². The molecular formula is C19H24N4O. The number of hydrogen-bond donors (Lipinski definition) is 0. The number of aromatic nitrogens is 3. The summed E-state index contributed by atoms with van der Waals surface area (Å²) in [5.41, 5.74) is 4.16. The molecule has 1 saturated carbocycles. The molecule has 2 aromatic rings. The first-order valence-electron chi connectivity index (χ1n) is 8.87. The van der Waals surface area contributed by atoms with Crippen LogP contribution >= 0.6 is 0 Å². The summed E-state index contributed by atoms with van der Waals surface area (Å²) in [6.07, 6.45) is 6.43. The third kappa shape index (κ3) is 2.95. The summed E-state index contributed by atoms with van der Waals surface area (Å²) in [7, 11) is 1.95. The Morgan fingerprint density at radius 1 is 1.12 bits per heavy atom. The van der Waals surface area contributed by atoms with Crippen LogP contribution in [0, 0.1) is 6.92 Å². The van der Waals surface area contributed by atoms with Crippen LogP contribution in [0.1, 0.15) is 65.0 Å². The number of likely N-dealkylation sites (tertiary alicyclic amines) is 1. The number of aryl methyl sites for hydroxylation is 2. The van der Waals surface area contributed by atoms with Gasteiger partial charge >= 0.3 is 0 Å². The molecule has 0 bridgehead atoms. The standard InChI is InChI=1S/C19H24N4O/c1-13-3-4-16(12-20-13)14-7-9-23(10-8-14)19(24)17-11-18(15-5-6-15)22(2)21-17/h3-4,11-12,14-15H,5-10H2,1-2H3. The predicted octanol–water partition coefficient (Wildman–Crippen LogP) is 3.02. The molecule has 1 aliphatic heterocycles. The van der Waals surface area contributed by atoms with E-state index in [0.29, 0.717) is 17.5 Å². The lowest BCUT2D eigenvalue weighted by molar-refractivity contribution is 0.0706. The van der Waals surface area contributed by atoms with E-state index in [0.717, 1.165) is 31.6 Å². The summed E-state index contributed by atoms with van der Waals surface area (Å²) in [6, 6.07) is 6.24. The fourth-order valence-corrected chi connectivity index (χ4v) is 3.65. The van der Waals surface area contributed by atoms with Gasteiger partial charge in [0.25, 0.3) is 5.91 Å². The smallest absolute Gasteiger partial charge is 0.274 e. The van der Waals surface area contributed by atoms with Crippen LogP contribution in [0.5, 0.6) is 0 Å². The second-order valence-corrected chi connectivity index (χ2v) is 7.15. The first-order valence-corrected chi connectivity index (χ1v) is 8.87. The SMILES string of the molecule is Cc1ccc(C2CCN(C(=O)c3cc(C4CC4)n(C)n3)CC2)cn1. The molecule has 126 valence electrons. The Kier molecular flexibility index (Phi) is 3.87. The third-order valence-electron chi connectivity index (χ3n) is 5.32. The van der Waals surface area contributed by atoms with Crippen molar-refractivity contribution >= 4 is 5.91 Å². The number of nitrogens with zero attached hydrogens (tertiary/aromatic N) is 4. The highest BCUT2D eigenvalue weighted by molar-refractivity contribution is 5.92. The van der Waals surface area contributed by atoms with Gasteiger partial charge in [-0.05, 0) is 56.2 Å². The molecule has 0 aromatic carbocycles. The second kappa shape index (κ2) is 6.04. The highest BCUT2D eigenvalue weighted by Gasteiger charge is 2.30. The van der Waals surface area contributed by atoms with Gasteiger partial charge in [0, 0.05) is 43.6 Å². The van der Waals surface area contributed by atoms with E-state index in [1.807, 2.05) is 35.8 Å². The summed E-state index contributed by atoms with van der Waals surface area (Å²) in [5, 5.41) is 4.45. The number of carbonyl (C=O) groups is 1. The summed E-state index contributed by atoms with van der Waals surface area (Å²) >= 11 is 0. The molecule has 2 fully saturated rings. The molecule has 1 amide bonds. The highest BCUT2D eigenvalue weighted by Crippen LogP contribution is 2.40. The Morgan fingerprint density at radius 2 is 1.88 bits per heavy atom. The molecule has 0 unspecified atom stereocenters. The predicted molar refractivity (Wildman–Crippen MR) is 92.0 cm³/mol. The number of piperidine rings is 1. The van der Waals surface area contributed by atoms with E-state index in [1.54, 1.807) is 0 Å². The first-order chi connectivity index (χ1) is 11.6. The summed E-state index contributed by atoms with van der Waals surface area (Å²) < 4.78 is 1.88. The summed E-state index contributed by atoms with van der Waals surface area (Å²) in [6.45, 7) is 3.60. The Balaban J connectivity index is 1.40. The van der Waals surface area contributed by atoms with Crippen molar-refractivity contribution in [2.75, 3.05) is 13.1 Å². The molecule has 0 atom stereocenters. The molecule has 1 saturated heterocycles. The minimum absolute atomic E-state index is 0.0815. The lowest BCUT2D eigenvalue weighted by Crippen LogP contribution is -2.38. The van der Waals surface area contributed by atoms with Crippen molar-refractivity contribution < 1.29 is 4.79 Å². The van der Waals surface area contributed by atoms with Crippen LogP contribution in [0.15, 0.2) is 24.4 Å². The molecule has 5 heteroatoms. The maximum absolute atomic E-state index is 12.7. The number of pyridine rings is 1. The van der Waals surface area contributed by atoms with E-state index in [2.05, 4.69) is 22.2 Å². The van der Waals surface area contributed by atoms with Crippen LogP contribution in [0.2, 0.25) is 0 Å². The monoisotopic (exact) mass is 324 g/mol. The normalized spacial score (nSPS) is 18.8. The van der Waals surface area contributed by atoms with Crippen molar-refractivity contribution in [2.45, 2.75) is 44.4 Å². The molecule has 5 nitrogen and oxygen atoms in total. The molecule has 0 radical (unpaired) electrons. The fraction of sp³-hybridized carbons (Fsp3) is 0.526. The van der Waals surface area contributed by atoms with E-state index in [9.17, 15) is 4.79 Å². The molecule has 1 aliphatic carbocycles. The Hall–Kier alpha value is -2.17. The van der Waals surface area contributed by atoms with Crippen LogP contribution in [0.4, 0.5) is 0 Å². The molecular weight excluding hydrogens is 300 g/mol. The number of amides is 1. The number of rotatable bonds is 3. The zero-order valence-electron chi connectivity index (χ0n) is 14.4. The molecule has 3 heterocycles. The molecule has 2 aromatic heterocycles. The molecule has 24 heavy (non-hydrogen) atoms. The van der Waals surface area contributed by atoms with E-state index in [4.69, 9.17) is 0 Å². The molecule has 0 N–H and O–H groups in total. The van der Waals surface area contributed by atoms with Gasteiger partial charge < -0.3 is 4.90 Å². The van der Waals surface area contributed by atoms with Crippen molar-refractivity contribution in [3.05, 3.63) is 47.0 Å². The minimum atomic E-state index is 0.0815. The van der Waals surface area contributed by atoms with Gasteiger partial charge in [-0.2, -0.15) is 5.10 Å². The van der Waals surface area contributed by atoms with Gasteiger partial charge in [-0.15, -0.1) is 0 Å². The quantitative estimate of drug-likeness (QED) is 0.872. The van der Waals surface area contributed by atoms with Gasteiger partial charge in [0.2, 0.25) is 0 Å². The molecule has 0 spiro atoms. The molecule has 2 aliphatic rings. The topological polar surface area (TPSA) is 51.0 Å². The van der Waals surface area contributed by atoms with Gasteiger partial charge in [-0.25, -0.2) is 0 Å². The highest BCUT2D eigenvalue weighted by atomic mass is 16.2. The third-order valence-corrected chi connectivity index (χ3v) is 5.32. The van der Waals surface area contributed by atoms with E-state index in [1.165, 1.54) is 24.1 Å². The fourth-order valence-electron chi connectivity index (χ4n) is 3.65. The van der Waals surface area contributed by atoms with Gasteiger partial charge in [0.1, 0.15) is 0 Å². The van der Waals surface area contributed by atoms with Crippen molar-refractivity contribution in [3.8, 4) is 0 Å². The first kappa shape index (κ1) is 15.4. The van der Waals surface area contributed by atoms with Gasteiger partial charge in [-0.3, -0.25) is 14.5 Å². The lowest BCUT2D eigenvalue weighted by atomic mass is 9.90. The van der Waals surface area contributed by atoms with Crippen molar-refractivity contribution in [3.63, 3.8) is 0 Å². The summed E-state index contributed by atoms with van der Waals surface area (Å²) in [4.78, 5) is 19.1. The molecule has 4 rings (SSSR count). The Bertz CT molecular complexity index is 737. The van der Waals surface area contributed by atoms with Gasteiger partial charge in [0.05, 0.1) is 0 Å². The number of hydrogen-bond acceptors (Lipinski definition) is 3. The maximum Gasteiger partial charge on any atom is 0.274 e. The van der Waals surface area contributed by atoms with Crippen molar-refractivity contribution in [2.24, 2.45) is 7.05 Å². The van der Waals surface area contributed by atoms with Gasteiger partial charge in [-0.1, -0.05) is 6.07 Å². The zero-order valence-corrected chi connectivity index (χ0v) is 14.4. The number of carbonyl (C=O) groups excluding carboxylic acids is 1. The van der Waals surface area contributed by atoms with E-state index in [-0.39, 0.29) is 5.91 Å². The zero-order chi connectivity index (χ0) is 16.7. The van der Waals surface area contributed by atoms with Crippen LogP contribution in [-0.2, 0) is 7.05 Å². The minimum Gasteiger partial charge on any atom is -0.337 e. The second-order valence-electron chi connectivity index (χ2n) is 7.15. The Labute approximate surface area is 142 Å².